The number of aromatic nitrogens is 3. The molecule has 5 nitrogen and oxygen atoms in total. The molecule has 4 heterocycles. The molecule has 0 spiro atoms. The van der Waals surface area contributed by atoms with E-state index < -0.39 is 0 Å². The van der Waals surface area contributed by atoms with Crippen molar-refractivity contribution in [2.24, 2.45) is 0 Å². The van der Waals surface area contributed by atoms with Gasteiger partial charge in [-0.3, -0.25) is 4.98 Å². The summed E-state index contributed by atoms with van der Waals surface area (Å²) < 4.78 is 5.60. The Bertz CT molecular complexity index is 765. The summed E-state index contributed by atoms with van der Waals surface area (Å²) in [6.45, 7) is 2.04. The molecule has 3 aromatic heterocycles. The Balaban J connectivity index is 1.80. The molecule has 0 radical (unpaired) electrons. The van der Waals surface area contributed by atoms with Crippen LogP contribution in [-0.4, -0.2) is 28.0 Å². The van der Waals surface area contributed by atoms with E-state index in [0.717, 1.165) is 41.6 Å². The first-order chi connectivity index (χ1) is 11.4. The molecule has 0 saturated carbocycles. The van der Waals surface area contributed by atoms with Crippen molar-refractivity contribution in [3.63, 3.8) is 0 Å². The van der Waals surface area contributed by atoms with Gasteiger partial charge in [-0.05, 0) is 49.1 Å². The molecule has 0 N–H and O–H groups in total. The lowest BCUT2D eigenvalue weighted by Gasteiger charge is -2.27. The average molecular weight is 306 g/mol. The van der Waals surface area contributed by atoms with Gasteiger partial charge in [0.1, 0.15) is 5.69 Å². The topological polar surface area (TPSA) is 55.1 Å². The summed E-state index contributed by atoms with van der Waals surface area (Å²) in [5, 5.41) is 0. The molecule has 0 atom stereocenters. The molecule has 1 fully saturated rings. The standard InChI is InChI=1S/C18H18N4O/c1-2-10-22(11-3-1)18-20-13-15(14-6-8-19-9-7-14)17(21-18)16-5-4-12-23-16/h4-9,12-13H,1-3,10-11H2. The highest BCUT2D eigenvalue weighted by molar-refractivity contribution is 5.78. The Morgan fingerprint density at radius 3 is 2.57 bits per heavy atom. The summed E-state index contributed by atoms with van der Waals surface area (Å²) in [7, 11) is 0. The quantitative estimate of drug-likeness (QED) is 0.737. The molecule has 0 unspecified atom stereocenters. The van der Waals surface area contributed by atoms with Crippen molar-refractivity contribution >= 4 is 5.95 Å². The van der Waals surface area contributed by atoms with Crippen LogP contribution in [0.3, 0.4) is 0 Å². The van der Waals surface area contributed by atoms with Crippen LogP contribution < -0.4 is 4.90 Å². The van der Waals surface area contributed by atoms with Crippen molar-refractivity contribution in [3.05, 3.63) is 49.1 Å². The zero-order valence-corrected chi connectivity index (χ0v) is 12.9. The SMILES string of the molecule is c1coc(-c2nc(N3CCCCC3)ncc2-c2ccncc2)c1. The summed E-state index contributed by atoms with van der Waals surface area (Å²) in [5.41, 5.74) is 2.83. The fraction of sp³-hybridized carbons (Fsp3) is 0.278. The zero-order chi connectivity index (χ0) is 15.5. The normalized spacial score (nSPS) is 14.9. The maximum absolute atomic E-state index is 5.60. The fourth-order valence-electron chi connectivity index (χ4n) is 2.96. The van der Waals surface area contributed by atoms with Gasteiger partial charge in [0.25, 0.3) is 0 Å². The van der Waals surface area contributed by atoms with Crippen LogP contribution in [0.1, 0.15) is 19.3 Å². The number of pyridine rings is 1. The Morgan fingerprint density at radius 2 is 1.83 bits per heavy atom. The molecule has 0 aromatic carbocycles. The smallest absolute Gasteiger partial charge is 0.226 e. The predicted octanol–water partition coefficient (Wildman–Crippen LogP) is 3.79. The third-order valence-corrected chi connectivity index (χ3v) is 4.16. The number of rotatable bonds is 3. The third kappa shape index (κ3) is 2.82. The molecule has 1 saturated heterocycles. The molecule has 0 bridgehead atoms. The van der Waals surface area contributed by atoms with Crippen LogP contribution in [0, 0.1) is 0 Å². The maximum Gasteiger partial charge on any atom is 0.226 e. The number of piperidine rings is 1. The highest BCUT2D eigenvalue weighted by Gasteiger charge is 2.18. The Morgan fingerprint density at radius 1 is 1.00 bits per heavy atom. The van der Waals surface area contributed by atoms with Gasteiger partial charge in [-0.25, -0.2) is 9.97 Å². The van der Waals surface area contributed by atoms with Crippen LogP contribution in [0.4, 0.5) is 5.95 Å². The Kier molecular flexibility index (Phi) is 3.76. The highest BCUT2D eigenvalue weighted by atomic mass is 16.3. The van der Waals surface area contributed by atoms with E-state index in [1.54, 1.807) is 18.7 Å². The number of hydrogen-bond donors (Lipinski definition) is 0. The molecule has 3 aromatic rings. The van der Waals surface area contributed by atoms with Gasteiger partial charge in [0.15, 0.2) is 5.76 Å². The van der Waals surface area contributed by atoms with E-state index in [0.29, 0.717) is 0 Å². The van der Waals surface area contributed by atoms with E-state index in [1.165, 1.54) is 19.3 Å². The summed E-state index contributed by atoms with van der Waals surface area (Å²) in [4.78, 5) is 15.8. The number of furan rings is 1. The molecule has 0 amide bonds. The lowest BCUT2D eigenvalue weighted by molar-refractivity contribution is 0.565. The summed E-state index contributed by atoms with van der Waals surface area (Å²) in [5.74, 6) is 1.55. The van der Waals surface area contributed by atoms with E-state index in [-0.39, 0.29) is 0 Å². The van der Waals surface area contributed by atoms with Gasteiger partial charge < -0.3 is 9.32 Å². The summed E-state index contributed by atoms with van der Waals surface area (Å²) in [6, 6.07) is 7.75. The second kappa shape index (κ2) is 6.20. The third-order valence-electron chi connectivity index (χ3n) is 4.16. The van der Waals surface area contributed by atoms with Crippen molar-refractivity contribution in [3.8, 4) is 22.6 Å². The zero-order valence-electron chi connectivity index (χ0n) is 12.9. The molecule has 4 rings (SSSR count). The van der Waals surface area contributed by atoms with Gasteiger partial charge in [-0.1, -0.05) is 0 Å². The van der Waals surface area contributed by atoms with Gasteiger partial charge in [-0.15, -0.1) is 0 Å². The van der Waals surface area contributed by atoms with Crippen molar-refractivity contribution < 1.29 is 4.42 Å². The predicted molar refractivity (Wildman–Crippen MR) is 89.0 cm³/mol. The van der Waals surface area contributed by atoms with Crippen LogP contribution in [0.15, 0.2) is 53.5 Å². The van der Waals surface area contributed by atoms with Gasteiger partial charge in [0.05, 0.1) is 6.26 Å². The first-order valence-corrected chi connectivity index (χ1v) is 7.98. The van der Waals surface area contributed by atoms with Crippen LogP contribution in [-0.2, 0) is 0 Å². The second-order valence-corrected chi connectivity index (χ2v) is 5.69. The second-order valence-electron chi connectivity index (χ2n) is 5.69. The van der Waals surface area contributed by atoms with Crippen molar-refractivity contribution in [1.29, 1.82) is 0 Å². The Labute approximate surface area is 135 Å². The van der Waals surface area contributed by atoms with Crippen LogP contribution in [0.5, 0.6) is 0 Å². The van der Waals surface area contributed by atoms with Crippen molar-refractivity contribution in [2.75, 3.05) is 18.0 Å². The monoisotopic (exact) mass is 306 g/mol. The van der Waals surface area contributed by atoms with E-state index in [9.17, 15) is 0 Å². The number of hydrogen-bond acceptors (Lipinski definition) is 5. The van der Waals surface area contributed by atoms with E-state index in [4.69, 9.17) is 9.40 Å². The molecule has 1 aliphatic rings. The average Bonchev–Trinajstić information content (AvgIpc) is 3.17. The molecule has 1 aliphatic heterocycles. The minimum Gasteiger partial charge on any atom is -0.463 e. The molecule has 116 valence electrons. The van der Waals surface area contributed by atoms with Crippen LogP contribution in [0.25, 0.3) is 22.6 Å². The molecule has 23 heavy (non-hydrogen) atoms. The van der Waals surface area contributed by atoms with E-state index in [2.05, 4.69) is 14.9 Å². The molecule has 0 aliphatic carbocycles. The van der Waals surface area contributed by atoms with E-state index >= 15 is 0 Å². The fourth-order valence-corrected chi connectivity index (χ4v) is 2.96. The lowest BCUT2D eigenvalue weighted by atomic mass is 10.1. The lowest BCUT2D eigenvalue weighted by Crippen LogP contribution is -2.31. The maximum atomic E-state index is 5.60. The first kappa shape index (κ1) is 13.9. The first-order valence-electron chi connectivity index (χ1n) is 7.98. The minimum atomic E-state index is 0.762. The van der Waals surface area contributed by atoms with Gasteiger partial charge in [0.2, 0.25) is 5.95 Å². The van der Waals surface area contributed by atoms with Crippen LogP contribution in [0.2, 0.25) is 0 Å². The van der Waals surface area contributed by atoms with Crippen molar-refractivity contribution in [2.45, 2.75) is 19.3 Å². The van der Waals surface area contributed by atoms with E-state index in [1.807, 2.05) is 30.5 Å². The molecular weight excluding hydrogens is 288 g/mol. The van der Waals surface area contributed by atoms with Crippen molar-refractivity contribution in [1.82, 2.24) is 15.0 Å². The number of anilines is 1. The summed E-state index contributed by atoms with van der Waals surface area (Å²) >= 11 is 0. The highest BCUT2D eigenvalue weighted by Crippen LogP contribution is 2.31. The van der Waals surface area contributed by atoms with Crippen LogP contribution >= 0.6 is 0 Å². The Hall–Kier alpha value is -2.69. The number of nitrogens with zero attached hydrogens (tertiary/aromatic N) is 4. The minimum absolute atomic E-state index is 0.762. The van der Waals surface area contributed by atoms with Gasteiger partial charge in [-0.2, -0.15) is 0 Å². The molecular formula is C18H18N4O. The summed E-state index contributed by atoms with van der Waals surface area (Å²) in [6.07, 6.45) is 10.8. The largest absolute Gasteiger partial charge is 0.463 e. The van der Waals surface area contributed by atoms with Gasteiger partial charge in [0, 0.05) is 37.2 Å². The molecule has 5 heteroatoms. The van der Waals surface area contributed by atoms with Gasteiger partial charge >= 0.3 is 0 Å².